The third-order valence-corrected chi connectivity index (χ3v) is 3.43. The number of piperidine rings is 1. The summed E-state index contributed by atoms with van der Waals surface area (Å²) in [5, 5.41) is 2.69. The van der Waals surface area contributed by atoms with Gasteiger partial charge < -0.3 is 16.0 Å². The van der Waals surface area contributed by atoms with E-state index in [1.54, 1.807) is 13.1 Å². The smallest absolute Gasteiger partial charge is 0.228 e. The van der Waals surface area contributed by atoms with Crippen LogP contribution in [0.25, 0.3) is 0 Å². The fourth-order valence-electron chi connectivity index (χ4n) is 2.14. The normalized spacial score (nSPS) is 19.7. The van der Waals surface area contributed by atoms with Crippen molar-refractivity contribution in [1.82, 2.24) is 15.3 Å². The van der Waals surface area contributed by atoms with E-state index in [0.717, 1.165) is 19.4 Å². The van der Waals surface area contributed by atoms with Crippen LogP contribution in [0, 0.1) is 5.92 Å². The summed E-state index contributed by atoms with van der Waals surface area (Å²) in [5.41, 5.74) is 5.70. The Bertz CT molecular complexity index is 433. The van der Waals surface area contributed by atoms with Gasteiger partial charge in [0.05, 0.1) is 5.92 Å². The molecule has 98 valence electrons. The third-order valence-electron chi connectivity index (χ3n) is 3.02. The zero-order chi connectivity index (χ0) is 13.1. The summed E-state index contributed by atoms with van der Waals surface area (Å²) in [7, 11) is 1.66. The molecule has 0 aromatic carbocycles. The number of nitrogen functional groups attached to an aromatic ring is 1. The van der Waals surface area contributed by atoms with Gasteiger partial charge in [0, 0.05) is 26.2 Å². The number of aromatic nitrogens is 2. The first-order valence-electron chi connectivity index (χ1n) is 5.86. The number of carbonyl (C=O) groups excluding carboxylic acids is 1. The average Bonchev–Trinajstić information content (AvgIpc) is 2.37. The molecule has 3 N–H and O–H groups in total. The van der Waals surface area contributed by atoms with Crippen molar-refractivity contribution in [3.05, 3.63) is 10.7 Å². The number of rotatable bonds is 2. The molecule has 1 atom stereocenters. The standard InChI is InChI=1S/C11H16BrN5O/c1-14-10(18)7-3-2-4-17(6-7)11-15-8(12)5-9(13)16-11/h5,7H,2-4,6H2,1H3,(H,14,18)(H2,13,15,16). The Morgan fingerprint density at radius 3 is 3.06 bits per heavy atom. The second-order valence-corrected chi connectivity index (χ2v) is 5.13. The van der Waals surface area contributed by atoms with Crippen molar-refractivity contribution in [3.63, 3.8) is 0 Å². The van der Waals surface area contributed by atoms with Crippen LogP contribution in [-0.4, -0.2) is 36.0 Å². The van der Waals surface area contributed by atoms with E-state index in [1.807, 2.05) is 4.90 Å². The maximum Gasteiger partial charge on any atom is 0.228 e. The number of hydrogen-bond acceptors (Lipinski definition) is 5. The third kappa shape index (κ3) is 2.90. The van der Waals surface area contributed by atoms with Crippen LogP contribution in [0.3, 0.4) is 0 Å². The van der Waals surface area contributed by atoms with Crippen molar-refractivity contribution in [2.75, 3.05) is 30.8 Å². The number of nitrogens with two attached hydrogens (primary N) is 1. The Kier molecular flexibility index (Phi) is 4.00. The zero-order valence-electron chi connectivity index (χ0n) is 10.2. The fraction of sp³-hybridized carbons (Fsp3) is 0.545. The van der Waals surface area contributed by atoms with E-state index in [4.69, 9.17) is 5.73 Å². The number of nitrogens with one attached hydrogen (secondary N) is 1. The number of carbonyl (C=O) groups is 1. The van der Waals surface area contributed by atoms with E-state index < -0.39 is 0 Å². The maximum absolute atomic E-state index is 11.7. The lowest BCUT2D eigenvalue weighted by Crippen LogP contribution is -2.42. The molecule has 0 bridgehead atoms. The topological polar surface area (TPSA) is 84.1 Å². The molecular weight excluding hydrogens is 298 g/mol. The molecule has 0 saturated carbocycles. The molecule has 1 aliphatic heterocycles. The second kappa shape index (κ2) is 5.51. The van der Waals surface area contributed by atoms with Crippen molar-refractivity contribution >= 4 is 33.6 Å². The Balaban J connectivity index is 2.15. The maximum atomic E-state index is 11.7. The molecular formula is C11H16BrN5O. The summed E-state index contributed by atoms with van der Waals surface area (Å²) < 4.78 is 0.659. The molecule has 7 heteroatoms. The minimum absolute atomic E-state index is 0.00689. The monoisotopic (exact) mass is 313 g/mol. The number of hydrogen-bond donors (Lipinski definition) is 2. The molecule has 0 aliphatic carbocycles. The molecule has 1 fully saturated rings. The van der Waals surface area contributed by atoms with Crippen LogP contribution in [0.5, 0.6) is 0 Å². The molecule has 1 amide bonds. The van der Waals surface area contributed by atoms with Crippen molar-refractivity contribution in [2.24, 2.45) is 5.92 Å². The zero-order valence-corrected chi connectivity index (χ0v) is 11.8. The van der Waals surface area contributed by atoms with Crippen LogP contribution in [0.15, 0.2) is 10.7 Å². The van der Waals surface area contributed by atoms with Gasteiger partial charge in [-0.15, -0.1) is 0 Å². The van der Waals surface area contributed by atoms with Crippen molar-refractivity contribution in [2.45, 2.75) is 12.8 Å². The second-order valence-electron chi connectivity index (χ2n) is 4.31. The molecule has 2 heterocycles. The van der Waals surface area contributed by atoms with Crippen LogP contribution in [0.4, 0.5) is 11.8 Å². The molecule has 1 unspecified atom stereocenters. The van der Waals surface area contributed by atoms with Gasteiger partial charge in [-0.25, -0.2) is 4.98 Å². The van der Waals surface area contributed by atoms with Crippen molar-refractivity contribution in [3.8, 4) is 0 Å². The molecule has 2 rings (SSSR count). The molecule has 18 heavy (non-hydrogen) atoms. The highest BCUT2D eigenvalue weighted by Crippen LogP contribution is 2.22. The highest BCUT2D eigenvalue weighted by atomic mass is 79.9. The Morgan fingerprint density at radius 1 is 1.61 bits per heavy atom. The Morgan fingerprint density at radius 2 is 2.39 bits per heavy atom. The summed E-state index contributed by atoms with van der Waals surface area (Å²) in [6.45, 7) is 1.49. The van der Waals surface area contributed by atoms with Crippen LogP contribution in [0.1, 0.15) is 12.8 Å². The minimum atomic E-state index is -0.00689. The van der Waals surface area contributed by atoms with E-state index in [0.29, 0.717) is 22.9 Å². The van der Waals surface area contributed by atoms with Crippen molar-refractivity contribution in [1.29, 1.82) is 0 Å². The van der Waals surface area contributed by atoms with Gasteiger partial charge in [-0.3, -0.25) is 4.79 Å². The van der Waals surface area contributed by atoms with Gasteiger partial charge in [-0.1, -0.05) is 0 Å². The van der Waals surface area contributed by atoms with E-state index in [9.17, 15) is 4.79 Å². The van der Waals surface area contributed by atoms with E-state index >= 15 is 0 Å². The Hall–Kier alpha value is -1.37. The molecule has 6 nitrogen and oxygen atoms in total. The van der Waals surface area contributed by atoms with Crippen LogP contribution in [-0.2, 0) is 4.79 Å². The lowest BCUT2D eigenvalue weighted by molar-refractivity contribution is -0.124. The molecule has 1 saturated heterocycles. The Labute approximate surface area is 114 Å². The van der Waals surface area contributed by atoms with Gasteiger partial charge in [-0.05, 0) is 28.8 Å². The molecule has 1 aromatic heterocycles. The first-order valence-corrected chi connectivity index (χ1v) is 6.66. The number of halogens is 1. The van der Waals surface area contributed by atoms with Crippen LogP contribution >= 0.6 is 15.9 Å². The first kappa shape index (κ1) is 13.1. The predicted octanol–water partition coefficient (Wildman–Crippen LogP) is 0.784. The number of anilines is 2. The van der Waals surface area contributed by atoms with Crippen LogP contribution < -0.4 is 16.0 Å². The average molecular weight is 314 g/mol. The number of amides is 1. The lowest BCUT2D eigenvalue weighted by Gasteiger charge is -2.31. The quantitative estimate of drug-likeness (QED) is 0.788. The van der Waals surface area contributed by atoms with Gasteiger partial charge in [-0.2, -0.15) is 4.98 Å². The highest BCUT2D eigenvalue weighted by molar-refractivity contribution is 9.10. The van der Waals surface area contributed by atoms with Gasteiger partial charge in [0.1, 0.15) is 10.4 Å². The van der Waals surface area contributed by atoms with Crippen LogP contribution in [0.2, 0.25) is 0 Å². The van der Waals surface area contributed by atoms with E-state index in [2.05, 4.69) is 31.2 Å². The van der Waals surface area contributed by atoms with E-state index in [-0.39, 0.29) is 11.8 Å². The van der Waals surface area contributed by atoms with Gasteiger partial charge in [0.15, 0.2) is 0 Å². The summed E-state index contributed by atoms with van der Waals surface area (Å²) >= 11 is 3.30. The highest BCUT2D eigenvalue weighted by Gasteiger charge is 2.26. The fourth-order valence-corrected chi connectivity index (χ4v) is 2.53. The summed E-state index contributed by atoms with van der Waals surface area (Å²) in [6, 6.07) is 1.66. The predicted molar refractivity (Wildman–Crippen MR) is 73.1 cm³/mol. The van der Waals surface area contributed by atoms with E-state index in [1.165, 1.54) is 0 Å². The lowest BCUT2D eigenvalue weighted by atomic mass is 9.97. The summed E-state index contributed by atoms with van der Waals surface area (Å²) in [6.07, 6.45) is 1.85. The molecule has 0 spiro atoms. The van der Waals surface area contributed by atoms with Gasteiger partial charge in [0.2, 0.25) is 11.9 Å². The SMILES string of the molecule is CNC(=O)C1CCCN(c2nc(N)cc(Br)n2)C1. The van der Waals surface area contributed by atoms with Crippen molar-refractivity contribution < 1.29 is 4.79 Å². The molecule has 1 aliphatic rings. The first-order chi connectivity index (χ1) is 8.60. The summed E-state index contributed by atoms with van der Waals surface area (Å²) in [4.78, 5) is 22.2. The molecule has 1 aromatic rings. The van der Waals surface area contributed by atoms with Gasteiger partial charge >= 0.3 is 0 Å². The molecule has 0 radical (unpaired) electrons. The number of nitrogens with zero attached hydrogens (tertiary/aromatic N) is 3. The van der Waals surface area contributed by atoms with Gasteiger partial charge in [0.25, 0.3) is 0 Å². The summed E-state index contributed by atoms with van der Waals surface area (Å²) in [5.74, 6) is 1.07. The largest absolute Gasteiger partial charge is 0.383 e. The minimum Gasteiger partial charge on any atom is -0.383 e.